The van der Waals surface area contributed by atoms with Gasteiger partial charge in [-0.3, -0.25) is 4.79 Å². The topological polar surface area (TPSA) is 112 Å². The van der Waals surface area contributed by atoms with Crippen molar-refractivity contribution in [1.29, 1.82) is 0 Å². The number of nitrogens with zero attached hydrogens (tertiary/aromatic N) is 4. The van der Waals surface area contributed by atoms with E-state index in [9.17, 15) is 9.59 Å². The van der Waals surface area contributed by atoms with Crippen LogP contribution in [0.1, 0.15) is 29.3 Å². The van der Waals surface area contributed by atoms with E-state index < -0.39 is 0 Å². The number of ether oxygens (including phenoxy) is 1. The number of anilines is 5. The Labute approximate surface area is 222 Å². The highest BCUT2D eigenvalue weighted by molar-refractivity contribution is 5.95. The number of aromatic nitrogens is 2. The number of ketones is 1. The van der Waals surface area contributed by atoms with E-state index in [1.165, 1.54) is 12.6 Å². The van der Waals surface area contributed by atoms with Gasteiger partial charge in [-0.05, 0) is 68.8 Å². The Hall–Kier alpha value is -4.18. The molecule has 2 saturated heterocycles. The molecule has 2 aliphatic rings. The smallest absolute Gasteiger partial charge is 0.321 e. The molecule has 10 nitrogen and oxygen atoms in total. The standard InChI is InChI=1S/C28H33N7O3/c1-19-17-29-27(31-22-7-9-25(10-8-22)34-13-15-38-16-14-34)33-26(19)30-24-11-12-35(18-24)28(37)32-23-5-3-21(4-6-23)20(2)36/h3-10,17,24H,11-16,18H2,1-2H3,(H,32,37)(H2,29,30,31,33). The van der Waals surface area contributed by atoms with Gasteiger partial charge in [-0.15, -0.1) is 0 Å². The number of Topliss-reactive ketones (excluding diaryl/α,β-unsaturated/α-hetero) is 1. The molecule has 2 amide bonds. The average Bonchev–Trinajstić information content (AvgIpc) is 3.41. The van der Waals surface area contributed by atoms with E-state index in [4.69, 9.17) is 9.72 Å². The quantitative estimate of drug-likeness (QED) is 0.400. The van der Waals surface area contributed by atoms with Crippen LogP contribution in [0.2, 0.25) is 0 Å². The van der Waals surface area contributed by atoms with E-state index in [1.807, 2.05) is 19.1 Å². The van der Waals surface area contributed by atoms with Gasteiger partial charge >= 0.3 is 6.03 Å². The van der Waals surface area contributed by atoms with Gasteiger partial charge in [0.25, 0.3) is 0 Å². The summed E-state index contributed by atoms with van der Waals surface area (Å²) >= 11 is 0. The minimum Gasteiger partial charge on any atom is -0.378 e. The SMILES string of the molecule is CC(=O)c1ccc(NC(=O)N2CCC(Nc3nc(Nc4ccc(N5CCOCC5)cc4)ncc3C)C2)cc1. The van der Waals surface area contributed by atoms with Crippen molar-refractivity contribution < 1.29 is 14.3 Å². The Kier molecular flexibility index (Phi) is 7.69. The summed E-state index contributed by atoms with van der Waals surface area (Å²) in [6.45, 7) is 8.00. The minimum absolute atomic E-state index is 0.00334. The lowest BCUT2D eigenvalue weighted by molar-refractivity contribution is 0.101. The van der Waals surface area contributed by atoms with Crippen molar-refractivity contribution >= 4 is 40.6 Å². The zero-order chi connectivity index (χ0) is 26.5. The van der Waals surface area contributed by atoms with Crippen molar-refractivity contribution in [1.82, 2.24) is 14.9 Å². The van der Waals surface area contributed by atoms with Gasteiger partial charge in [0.05, 0.1) is 13.2 Å². The van der Waals surface area contributed by atoms with Gasteiger partial charge in [-0.1, -0.05) is 0 Å². The molecule has 0 spiro atoms. The summed E-state index contributed by atoms with van der Waals surface area (Å²) in [5, 5.41) is 9.69. The summed E-state index contributed by atoms with van der Waals surface area (Å²) in [6.07, 6.45) is 2.61. The lowest BCUT2D eigenvalue weighted by Crippen LogP contribution is -2.36. The summed E-state index contributed by atoms with van der Waals surface area (Å²) in [7, 11) is 0. The number of nitrogens with one attached hydrogen (secondary N) is 3. The molecule has 0 bridgehead atoms. The molecule has 2 aromatic carbocycles. The average molecular weight is 516 g/mol. The maximum atomic E-state index is 12.8. The summed E-state index contributed by atoms with van der Waals surface area (Å²) in [5.74, 6) is 1.26. The van der Waals surface area contributed by atoms with Gasteiger partial charge in [0.2, 0.25) is 5.95 Å². The highest BCUT2D eigenvalue weighted by atomic mass is 16.5. The van der Waals surface area contributed by atoms with Gasteiger partial charge in [0.15, 0.2) is 5.78 Å². The number of morpholine rings is 1. The number of hydrogen-bond donors (Lipinski definition) is 3. The minimum atomic E-state index is -0.160. The van der Waals surface area contributed by atoms with E-state index in [-0.39, 0.29) is 17.9 Å². The van der Waals surface area contributed by atoms with Crippen LogP contribution in [-0.2, 0) is 4.74 Å². The number of benzene rings is 2. The second kappa shape index (κ2) is 11.5. The first-order chi connectivity index (χ1) is 18.4. The first-order valence-electron chi connectivity index (χ1n) is 12.9. The van der Waals surface area contributed by atoms with Gasteiger partial charge in [-0.25, -0.2) is 9.78 Å². The fraction of sp³-hybridized carbons (Fsp3) is 0.357. The summed E-state index contributed by atoms with van der Waals surface area (Å²) in [6, 6.07) is 15.1. The number of hydrogen-bond acceptors (Lipinski definition) is 8. The third-order valence-corrected chi connectivity index (χ3v) is 6.83. The molecule has 0 saturated carbocycles. The van der Waals surface area contributed by atoms with Crippen LogP contribution in [0.25, 0.3) is 0 Å². The zero-order valence-corrected chi connectivity index (χ0v) is 21.7. The van der Waals surface area contributed by atoms with E-state index in [0.29, 0.717) is 30.3 Å². The zero-order valence-electron chi connectivity index (χ0n) is 21.7. The van der Waals surface area contributed by atoms with Crippen molar-refractivity contribution in [2.75, 3.05) is 60.2 Å². The van der Waals surface area contributed by atoms with E-state index in [2.05, 4.69) is 38.0 Å². The largest absolute Gasteiger partial charge is 0.378 e. The van der Waals surface area contributed by atoms with Crippen molar-refractivity contribution in [3.63, 3.8) is 0 Å². The lowest BCUT2D eigenvalue weighted by atomic mass is 10.1. The Morgan fingerprint density at radius 1 is 0.974 bits per heavy atom. The number of likely N-dealkylation sites (tertiary alicyclic amines) is 1. The molecule has 0 aliphatic carbocycles. The third-order valence-electron chi connectivity index (χ3n) is 6.83. The molecule has 1 aromatic heterocycles. The molecule has 3 aromatic rings. The van der Waals surface area contributed by atoms with Crippen molar-refractivity contribution in [2.45, 2.75) is 26.3 Å². The van der Waals surface area contributed by atoms with Crippen molar-refractivity contribution in [2.24, 2.45) is 0 Å². The molecule has 38 heavy (non-hydrogen) atoms. The molecule has 2 fully saturated rings. The van der Waals surface area contributed by atoms with Crippen LogP contribution in [0, 0.1) is 6.92 Å². The number of amides is 2. The van der Waals surface area contributed by atoms with Gasteiger partial charge < -0.3 is 30.5 Å². The number of aryl methyl sites for hydroxylation is 1. The molecule has 0 radical (unpaired) electrons. The summed E-state index contributed by atoms with van der Waals surface area (Å²) in [4.78, 5) is 37.4. The number of carbonyl (C=O) groups is 2. The molecule has 198 valence electrons. The van der Waals surface area contributed by atoms with Crippen LogP contribution in [0.3, 0.4) is 0 Å². The van der Waals surface area contributed by atoms with Gasteiger partial charge in [0.1, 0.15) is 5.82 Å². The molecular weight excluding hydrogens is 482 g/mol. The van der Waals surface area contributed by atoms with Crippen LogP contribution in [-0.4, -0.2) is 72.1 Å². The predicted octanol–water partition coefficient (Wildman–Crippen LogP) is 4.29. The van der Waals surface area contributed by atoms with Gasteiger partial charge in [-0.2, -0.15) is 4.98 Å². The van der Waals surface area contributed by atoms with E-state index >= 15 is 0 Å². The summed E-state index contributed by atoms with van der Waals surface area (Å²) in [5.41, 5.74) is 4.31. The van der Waals surface area contributed by atoms with Crippen molar-refractivity contribution in [3.8, 4) is 0 Å². The number of urea groups is 1. The van der Waals surface area contributed by atoms with Crippen LogP contribution < -0.4 is 20.9 Å². The third kappa shape index (κ3) is 6.20. The predicted molar refractivity (Wildman–Crippen MR) is 149 cm³/mol. The van der Waals surface area contributed by atoms with Crippen LogP contribution in [0.5, 0.6) is 0 Å². The Morgan fingerprint density at radius 3 is 2.39 bits per heavy atom. The highest BCUT2D eigenvalue weighted by Crippen LogP contribution is 2.23. The molecule has 1 unspecified atom stereocenters. The van der Waals surface area contributed by atoms with Gasteiger partial charge in [0, 0.05) is 66.6 Å². The van der Waals surface area contributed by atoms with Crippen LogP contribution in [0.4, 0.5) is 33.6 Å². The second-order valence-electron chi connectivity index (χ2n) is 9.64. The molecule has 10 heteroatoms. The Balaban J connectivity index is 1.16. The number of rotatable bonds is 7. The molecular formula is C28H33N7O3. The monoisotopic (exact) mass is 515 g/mol. The lowest BCUT2D eigenvalue weighted by Gasteiger charge is -2.28. The fourth-order valence-electron chi connectivity index (χ4n) is 4.60. The van der Waals surface area contributed by atoms with Crippen molar-refractivity contribution in [3.05, 3.63) is 65.9 Å². The second-order valence-corrected chi connectivity index (χ2v) is 9.64. The molecule has 3 N–H and O–H groups in total. The highest BCUT2D eigenvalue weighted by Gasteiger charge is 2.27. The summed E-state index contributed by atoms with van der Waals surface area (Å²) < 4.78 is 5.44. The molecule has 1 atom stereocenters. The molecule has 2 aliphatic heterocycles. The van der Waals surface area contributed by atoms with E-state index in [0.717, 1.165) is 49.8 Å². The maximum Gasteiger partial charge on any atom is 0.321 e. The maximum absolute atomic E-state index is 12.8. The number of carbonyl (C=O) groups excluding carboxylic acids is 2. The fourth-order valence-corrected chi connectivity index (χ4v) is 4.60. The van der Waals surface area contributed by atoms with Crippen LogP contribution >= 0.6 is 0 Å². The Bertz CT molecular complexity index is 1270. The first-order valence-corrected chi connectivity index (χ1v) is 12.9. The molecule has 3 heterocycles. The normalized spacial score (nSPS) is 17.3. The van der Waals surface area contributed by atoms with Crippen LogP contribution in [0.15, 0.2) is 54.7 Å². The molecule has 5 rings (SSSR count). The van der Waals surface area contributed by atoms with E-state index in [1.54, 1.807) is 35.4 Å². The first kappa shape index (κ1) is 25.5. The Morgan fingerprint density at radius 2 is 1.68 bits per heavy atom.